The van der Waals surface area contributed by atoms with Gasteiger partial charge in [-0.25, -0.2) is 0 Å². The Morgan fingerprint density at radius 1 is 1.33 bits per heavy atom. The summed E-state index contributed by atoms with van der Waals surface area (Å²) >= 11 is 0. The van der Waals surface area contributed by atoms with Gasteiger partial charge in [0.05, 0.1) is 6.20 Å². The summed E-state index contributed by atoms with van der Waals surface area (Å²) in [5, 5.41) is 18.2. The van der Waals surface area contributed by atoms with E-state index in [1.165, 1.54) is 23.5 Å². The Morgan fingerprint density at radius 3 is 3.00 bits per heavy atom. The van der Waals surface area contributed by atoms with Gasteiger partial charge >= 0.3 is 7.12 Å². The van der Waals surface area contributed by atoms with Crippen LogP contribution in [0.5, 0.6) is 11.5 Å². The summed E-state index contributed by atoms with van der Waals surface area (Å²) in [5.74, 6) is 1.41. The molecule has 1 aliphatic heterocycles. The quantitative estimate of drug-likeness (QED) is 0.798. The van der Waals surface area contributed by atoms with Crippen LogP contribution in [-0.2, 0) is 6.42 Å². The highest BCUT2D eigenvalue weighted by Gasteiger charge is 2.23. The van der Waals surface area contributed by atoms with E-state index >= 15 is 0 Å². The zero-order chi connectivity index (χ0) is 14.8. The van der Waals surface area contributed by atoms with Crippen LogP contribution >= 0.6 is 0 Å². The largest absolute Gasteiger partial charge is 0.490 e. The highest BCUT2D eigenvalue weighted by molar-refractivity contribution is 6.58. The van der Waals surface area contributed by atoms with Crippen LogP contribution in [0, 0.1) is 6.92 Å². The number of fused-ring (bicyclic) bond motifs is 1. The van der Waals surface area contributed by atoms with Crippen molar-refractivity contribution in [2.45, 2.75) is 19.4 Å². The highest BCUT2D eigenvalue weighted by Crippen LogP contribution is 2.29. The lowest BCUT2D eigenvalue weighted by atomic mass is 9.82. The molecule has 1 aromatic carbocycles. The van der Waals surface area contributed by atoms with Crippen molar-refractivity contribution in [2.75, 3.05) is 6.61 Å². The molecule has 6 heteroatoms. The van der Waals surface area contributed by atoms with Crippen LogP contribution < -0.4 is 14.9 Å². The molecular weight excluding hydrogens is 269 g/mol. The summed E-state index contributed by atoms with van der Waals surface area (Å²) in [6, 6.07) is 7.69. The average molecular weight is 285 g/mol. The molecule has 0 amide bonds. The number of benzene rings is 1. The van der Waals surface area contributed by atoms with Gasteiger partial charge < -0.3 is 19.5 Å². The minimum Gasteiger partial charge on any atom is -0.488 e. The van der Waals surface area contributed by atoms with E-state index in [0.29, 0.717) is 17.8 Å². The molecule has 5 nitrogen and oxygen atoms in total. The van der Waals surface area contributed by atoms with Gasteiger partial charge in [-0.3, -0.25) is 4.98 Å². The maximum atomic E-state index is 9.11. The lowest BCUT2D eigenvalue weighted by Gasteiger charge is -2.12. The maximum absolute atomic E-state index is 9.11. The van der Waals surface area contributed by atoms with Crippen molar-refractivity contribution in [3.63, 3.8) is 0 Å². The van der Waals surface area contributed by atoms with Crippen LogP contribution in [0.15, 0.2) is 36.7 Å². The first-order chi connectivity index (χ1) is 10.1. The van der Waals surface area contributed by atoms with E-state index in [2.05, 4.69) is 18.0 Å². The molecular formula is C15H16BNO4. The summed E-state index contributed by atoms with van der Waals surface area (Å²) < 4.78 is 11.4. The minimum absolute atomic E-state index is 0.0375. The molecule has 1 aliphatic rings. The molecule has 0 bridgehead atoms. The van der Waals surface area contributed by atoms with Crippen molar-refractivity contribution < 1.29 is 19.5 Å². The second-order valence-corrected chi connectivity index (χ2v) is 5.19. The number of aromatic nitrogens is 1. The van der Waals surface area contributed by atoms with Crippen LogP contribution in [0.25, 0.3) is 0 Å². The van der Waals surface area contributed by atoms with E-state index in [4.69, 9.17) is 19.5 Å². The van der Waals surface area contributed by atoms with Crippen LogP contribution in [0.1, 0.15) is 11.1 Å². The van der Waals surface area contributed by atoms with Crippen molar-refractivity contribution in [1.29, 1.82) is 0 Å². The SMILES string of the molecule is Cc1ccc2c(c1)CC(COc1cncc(B(O)O)c1)O2. The molecule has 2 aromatic rings. The molecule has 0 spiro atoms. The molecule has 1 atom stereocenters. The third kappa shape index (κ3) is 3.17. The predicted octanol–water partition coefficient (Wildman–Crippen LogP) is 0.452. The van der Waals surface area contributed by atoms with Crippen molar-refractivity contribution in [2.24, 2.45) is 0 Å². The van der Waals surface area contributed by atoms with Gasteiger partial charge in [0.1, 0.15) is 24.2 Å². The molecule has 0 radical (unpaired) electrons. The zero-order valence-electron chi connectivity index (χ0n) is 11.7. The van der Waals surface area contributed by atoms with E-state index < -0.39 is 7.12 Å². The van der Waals surface area contributed by atoms with Crippen molar-refractivity contribution in [3.8, 4) is 11.5 Å². The molecule has 0 fully saturated rings. The first-order valence-corrected chi connectivity index (χ1v) is 6.82. The van der Waals surface area contributed by atoms with Crippen LogP contribution in [0.4, 0.5) is 0 Å². The second kappa shape index (κ2) is 5.75. The van der Waals surface area contributed by atoms with E-state index in [9.17, 15) is 0 Å². The number of aryl methyl sites for hydroxylation is 1. The molecule has 1 unspecified atom stereocenters. The number of ether oxygens (including phenoxy) is 2. The van der Waals surface area contributed by atoms with Crippen LogP contribution in [0.2, 0.25) is 0 Å². The van der Waals surface area contributed by atoms with Gasteiger partial charge in [-0.2, -0.15) is 0 Å². The lowest BCUT2D eigenvalue weighted by Crippen LogP contribution is -2.30. The summed E-state index contributed by atoms with van der Waals surface area (Å²) in [5.41, 5.74) is 2.72. The van der Waals surface area contributed by atoms with Gasteiger partial charge in [0.25, 0.3) is 0 Å². The van der Waals surface area contributed by atoms with Crippen LogP contribution in [-0.4, -0.2) is 34.9 Å². The number of nitrogens with zero attached hydrogens (tertiary/aromatic N) is 1. The fourth-order valence-electron chi connectivity index (χ4n) is 2.39. The van der Waals surface area contributed by atoms with Crippen LogP contribution in [0.3, 0.4) is 0 Å². The van der Waals surface area contributed by atoms with Crippen molar-refractivity contribution in [1.82, 2.24) is 4.98 Å². The Balaban J connectivity index is 1.61. The van der Waals surface area contributed by atoms with Gasteiger partial charge in [-0.1, -0.05) is 17.7 Å². The highest BCUT2D eigenvalue weighted by atomic mass is 16.5. The number of rotatable bonds is 4. The smallest absolute Gasteiger partial charge is 0.488 e. The summed E-state index contributed by atoms with van der Waals surface area (Å²) in [7, 11) is -1.55. The Bertz CT molecular complexity index is 647. The Hall–Kier alpha value is -2.05. The fourth-order valence-corrected chi connectivity index (χ4v) is 2.39. The van der Waals surface area contributed by atoms with E-state index in [1.54, 1.807) is 6.07 Å². The zero-order valence-corrected chi connectivity index (χ0v) is 11.7. The average Bonchev–Trinajstić information content (AvgIpc) is 2.87. The Kier molecular flexibility index (Phi) is 3.81. The first-order valence-electron chi connectivity index (χ1n) is 6.82. The van der Waals surface area contributed by atoms with Crippen molar-refractivity contribution >= 4 is 12.6 Å². The molecule has 0 aliphatic carbocycles. The monoisotopic (exact) mass is 285 g/mol. The molecule has 21 heavy (non-hydrogen) atoms. The normalized spacial score (nSPS) is 16.2. The maximum Gasteiger partial charge on any atom is 0.490 e. The summed E-state index contributed by atoms with van der Waals surface area (Å²) in [6.45, 7) is 2.45. The van der Waals surface area contributed by atoms with Gasteiger partial charge in [-0.05, 0) is 24.6 Å². The minimum atomic E-state index is -1.55. The van der Waals surface area contributed by atoms with E-state index in [1.807, 2.05) is 12.1 Å². The third-order valence-corrected chi connectivity index (χ3v) is 3.43. The topological polar surface area (TPSA) is 71.8 Å². The standard InChI is InChI=1S/C15H16BNO4/c1-10-2-3-15-11(4-10)5-14(21-15)9-20-13-6-12(16(18)19)7-17-8-13/h2-4,6-8,14,18-19H,5,9H2,1H3. The van der Waals surface area contributed by atoms with Gasteiger partial charge in [0.2, 0.25) is 0 Å². The Labute approximate surface area is 123 Å². The second-order valence-electron chi connectivity index (χ2n) is 5.19. The molecule has 2 N–H and O–H groups in total. The number of hydrogen-bond donors (Lipinski definition) is 2. The van der Waals surface area contributed by atoms with E-state index in [-0.39, 0.29) is 6.10 Å². The third-order valence-electron chi connectivity index (χ3n) is 3.43. The molecule has 0 saturated carbocycles. The lowest BCUT2D eigenvalue weighted by molar-refractivity contribution is 0.148. The van der Waals surface area contributed by atoms with Crippen molar-refractivity contribution in [3.05, 3.63) is 47.8 Å². The first kappa shape index (κ1) is 13.9. The number of pyridine rings is 1. The fraction of sp³-hybridized carbons (Fsp3) is 0.267. The van der Waals surface area contributed by atoms with Gasteiger partial charge in [-0.15, -0.1) is 0 Å². The Morgan fingerprint density at radius 2 is 2.19 bits per heavy atom. The van der Waals surface area contributed by atoms with Gasteiger partial charge in [0.15, 0.2) is 0 Å². The van der Waals surface area contributed by atoms with E-state index in [0.717, 1.165) is 12.2 Å². The molecule has 2 heterocycles. The molecule has 1 aromatic heterocycles. The number of hydrogen-bond acceptors (Lipinski definition) is 5. The predicted molar refractivity (Wildman–Crippen MR) is 78.9 cm³/mol. The summed E-state index contributed by atoms with van der Waals surface area (Å²) in [4.78, 5) is 3.92. The molecule has 108 valence electrons. The molecule has 0 saturated heterocycles. The summed E-state index contributed by atoms with van der Waals surface area (Å²) in [6.07, 6.45) is 3.71. The van der Waals surface area contributed by atoms with Gasteiger partial charge in [0, 0.05) is 18.1 Å². The molecule has 3 rings (SSSR count).